The first-order chi connectivity index (χ1) is 6.63. The van der Waals surface area contributed by atoms with Gasteiger partial charge in [-0.2, -0.15) is 5.26 Å². The maximum atomic E-state index is 9.04. The van der Waals surface area contributed by atoms with Crippen LogP contribution < -0.4 is 0 Å². The smallest absolute Gasteiger partial charge is 0.0766 e. The standard InChI is InChI=1S/C13H15N/c1-13(2,9-14)12-5-3-4-11(8-12)10-6-7-10/h3-5,8,10H,6-7H2,1-2H3. The van der Waals surface area contributed by atoms with Crippen LogP contribution in [-0.4, -0.2) is 0 Å². The van der Waals surface area contributed by atoms with Gasteiger partial charge in [-0.25, -0.2) is 0 Å². The van der Waals surface area contributed by atoms with Crippen LogP contribution in [0.25, 0.3) is 0 Å². The van der Waals surface area contributed by atoms with E-state index in [4.69, 9.17) is 5.26 Å². The molecule has 14 heavy (non-hydrogen) atoms. The normalized spacial score (nSPS) is 16.4. The molecule has 1 heteroatoms. The van der Waals surface area contributed by atoms with Crippen molar-refractivity contribution in [3.63, 3.8) is 0 Å². The monoisotopic (exact) mass is 185 g/mol. The first-order valence-corrected chi connectivity index (χ1v) is 5.15. The van der Waals surface area contributed by atoms with Crippen LogP contribution >= 0.6 is 0 Å². The summed E-state index contributed by atoms with van der Waals surface area (Å²) in [4.78, 5) is 0. The van der Waals surface area contributed by atoms with Crippen LogP contribution in [-0.2, 0) is 5.41 Å². The Morgan fingerprint density at radius 2 is 2.07 bits per heavy atom. The first kappa shape index (κ1) is 9.27. The molecule has 0 aromatic heterocycles. The summed E-state index contributed by atoms with van der Waals surface area (Å²) >= 11 is 0. The number of nitrogens with zero attached hydrogens (tertiary/aromatic N) is 1. The zero-order chi connectivity index (χ0) is 10.2. The molecule has 0 aliphatic heterocycles. The van der Waals surface area contributed by atoms with Crippen LogP contribution in [0.2, 0.25) is 0 Å². The second-order valence-corrected chi connectivity index (χ2v) is 4.64. The Morgan fingerprint density at radius 1 is 1.36 bits per heavy atom. The van der Waals surface area contributed by atoms with E-state index in [0.29, 0.717) is 0 Å². The van der Waals surface area contributed by atoms with Gasteiger partial charge in [-0.1, -0.05) is 24.3 Å². The maximum Gasteiger partial charge on any atom is 0.0766 e. The molecule has 72 valence electrons. The van der Waals surface area contributed by atoms with Crippen LogP contribution in [0, 0.1) is 11.3 Å². The minimum Gasteiger partial charge on any atom is -0.197 e. The Balaban J connectivity index is 2.35. The largest absolute Gasteiger partial charge is 0.197 e. The van der Waals surface area contributed by atoms with Crippen molar-refractivity contribution in [3.05, 3.63) is 35.4 Å². The van der Waals surface area contributed by atoms with E-state index in [1.165, 1.54) is 18.4 Å². The molecule has 0 atom stereocenters. The van der Waals surface area contributed by atoms with Crippen LogP contribution in [0.1, 0.15) is 43.7 Å². The van der Waals surface area contributed by atoms with E-state index >= 15 is 0 Å². The third kappa shape index (κ3) is 1.65. The van der Waals surface area contributed by atoms with Crippen LogP contribution in [0.3, 0.4) is 0 Å². The number of hydrogen-bond donors (Lipinski definition) is 0. The van der Waals surface area contributed by atoms with Gasteiger partial charge in [-0.3, -0.25) is 0 Å². The third-order valence-corrected chi connectivity index (χ3v) is 2.94. The summed E-state index contributed by atoms with van der Waals surface area (Å²) in [6.45, 7) is 3.94. The van der Waals surface area contributed by atoms with E-state index in [0.717, 1.165) is 11.5 Å². The van der Waals surface area contributed by atoms with E-state index in [2.05, 4.69) is 30.3 Å². The van der Waals surface area contributed by atoms with Crippen molar-refractivity contribution in [1.29, 1.82) is 5.26 Å². The zero-order valence-electron chi connectivity index (χ0n) is 8.75. The van der Waals surface area contributed by atoms with Gasteiger partial charge in [-0.05, 0) is 43.7 Å². The van der Waals surface area contributed by atoms with Crippen LogP contribution in [0.15, 0.2) is 24.3 Å². The highest BCUT2D eigenvalue weighted by molar-refractivity contribution is 5.36. The maximum absolute atomic E-state index is 9.04. The van der Waals surface area contributed by atoms with Gasteiger partial charge in [0.1, 0.15) is 0 Å². The summed E-state index contributed by atoms with van der Waals surface area (Å²) in [7, 11) is 0. The van der Waals surface area contributed by atoms with Gasteiger partial charge in [-0.15, -0.1) is 0 Å². The van der Waals surface area contributed by atoms with Gasteiger partial charge >= 0.3 is 0 Å². The second-order valence-electron chi connectivity index (χ2n) is 4.64. The lowest BCUT2D eigenvalue weighted by atomic mass is 9.85. The molecule has 0 unspecified atom stereocenters. The van der Waals surface area contributed by atoms with Crippen molar-refractivity contribution in [3.8, 4) is 6.07 Å². The van der Waals surface area contributed by atoms with Crippen molar-refractivity contribution in [2.75, 3.05) is 0 Å². The zero-order valence-corrected chi connectivity index (χ0v) is 8.75. The molecule has 1 fully saturated rings. The highest BCUT2D eigenvalue weighted by atomic mass is 14.3. The Labute approximate surface area is 85.4 Å². The molecular weight excluding hydrogens is 170 g/mol. The van der Waals surface area contributed by atoms with Gasteiger partial charge in [0.25, 0.3) is 0 Å². The molecule has 2 rings (SSSR count). The van der Waals surface area contributed by atoms with Gasteiger partial charge in [0.2, 0.25) is 0 Å². The van der Waals surface area contributed by atoms with Crippen molar-refractivity contribution < 1.29 is 0 Å². The Kier molecular flexibility index (Phi) is 2.07. The summed E-state index contributed by atoms with van der Waals surface area (Å²) in [5.74, 6) is 0.768. The fraction of sp³-hybridized carbons (Fsp3) is 0.462. The minimum absolute atomic E-state index is 0.356. The van der Waals surface area contributed by atoms with Gasteiger partial charge in [0.15, 0.2) is 0 Å². The van der Waals surface area contributed by atoms with Gasteiger partial charge < -0.3 is 0 Å². The van der Waals surface area contributed by atoms with E-state index in [1.54, 1.807) is 0 Å². The number of rotatable bonds is 2. The molecule has 1 saturated carbocycles. The minimum atomic E-state index is -0.356. The molecule has 1 aromatic carbocycles. The Bertz CT molecular complexity index is 380. The molecule has 0 bridgehead atoms. The molecule has 0 amide bonds. The molecule has 1 nitrogen and oxygen atoms in total. The molecule has 1 aliphatic carbocycles. The molecule has 0 saturated heterocycles. The SMILES string of the molecule is CC(C)(C#N)c1cccc(C2CC2)c1. The van der Waals surface area contributed by atoms with Gasteiger partial charge in [0, 0.05) is 0 Å². The van der Waals surface area contributed by atoms with E-state index in [1.807, 2.05) is 13.8 Å². The molecule has 0 spiro atoms. The predicted octanol–water partition coefficient (Wildman–Crippen LogP) is 3.37. The Hall–Kier alpha value is -1.29. The molecule has 0 heterocycles. The van der Waals surface area contributed by atoms with Crippen molar-refractivity contribution in [2.45, 2.75) is 38.0 Å². The second kappa shape index (κ2) is 3.13. The topological polar surface area (TPSA) is 23.8 Å². The lowest BCUT2D eigenvalue weighted by Crippen LogP contribution is -2.13. The number of hydrogen-bond acceptors (Lipinski definition) is 1. The summed E-state index contributed by atoms with van der Waals surface area (Å²) in [6.07, 6.45) is 2.63. The summed E-state index contributed by atoms with van der Waals surface area (Å²) in [5, 5.41) is 9.04. The van der Waals surface area contributed by atoms with E-state index < -0.39 is 0 Å². The molecule has 0 radical (unpaired) electrons. The summed E-state index contributed by atoms with van der Waals surface area (Å²) < 4.78 is 0. The van der Waals surface area contributed by atoms with Crippen molar-refractivity contribution in [2.24, 2.45) is 0 Å². The molecular formula is C13H15N. The first-order valence-electron chi connectivity index (χ1n) is 5.15. The average molecular weight is 185 g/mol. The highest BCUT2D eigenvalue weighted by Gasteiger charge is 2.26. The van der Waals surface area contributed by atoms with Crippen LogP contribution in [0.5, 0.6) is 0 Å². The number of nitriles is 1. The lowest BCUT2D eigenvalue weighted by molar-refractivity contribution is 0.685. The van der Waals surface area contributed by atoms with Crippen LogP contribution in [0.4, 0.5) is 0 Å². The van der Waals surface area contributed by atoms with E-state index in [-0.39, 0.29) is 5.41 Å². The molecule has 0 N–H and O–H groups in total. The lowest BCUT2D eigenvalue weighted by Gasteiger charge is -2.16. The summed E-state index contributed by atoms with van der Waals surface area (Å²) in [6, 6.07) is 10.8. The quantitative estimate of drug-likeness (QED) is 0.693. The predicted molar refractivity (Wildman–Crippen MR) is 57.1 cm³/mol. The Morgan fingerprint density at radius 3 is 2.64 bits per heavy atom. The number of benzene rings is 1. The third-order valence-electron chi connectivity index (χ3n) is 2.94. The molecule has 1 aliphatic rings. The summed E-state index contributed by atoms with van der Waals surface area (Å²) in [5.41, 5.74) is 2.19. The van der Waals surface area contributed by atoms with Crippen molar-refractivity contribution in [1.82, 2.24) is 0 Å². The van der Waals surface area contributed by atoms with Crippen molar-refractivity contribution >= 4 is 0 Å². The average Bonchev–Trinajstić information content (AvgIpc) is 3.01. The fourth-order valence-electron chi connectivity index (χ4n) is 1.66. The highest BCUT2D eigenvalue weighted by Crippen LogP contribution is 2.41. The molecule has 1 aromatic rings. The van der Waals surface area contributed by atoms with Gasteiger partial charge in [0.05, 0.1) is 11.5 Å². The van der Waals surface area contributed by atoms with E-state index in [9.17, 15) is 0 Å². The fourth-order valence-corrected chi connectivity index (χ4v) is 1.66.